The van der Waals surface area contributed by atoms with E-state index in [9.17, 15) is 4.79 Å². The quantitative estimate of drug-likeness (QED) is 0.844. The number of rotatable bonds is 2. The Morgan fingerprint density at radius 1 is 1.40 bits per heavy atom. The summed E-state index contributed by atoms with van der Waals surface area (Å²) in [6.45, 7) is 9.65. The van der Waals surface area contributed by atoms with Gasteiger partial charge < -0.3 is 15.4 Å². The van der Waals surface area contributed by atoms with E-state index in [0.717, 1.165) is 25.7 Å². The average molecular weight is 282 g/mol. The molecule has 2 N–H and O–H groups in total. The molecular formula is C16H30N2O2. The van der Waals surface area contributed by atoms with E-state index >= 15 is 0 Å². The van der Waals surface area contributed by atoms with Gasteiger partial charge in [-0.15, -0.1) is 0 Å². The van der Waals surface area contributed by atoms with Crippen LogP contribution in [0.15, 0.2) is 0 Å². The minimum Gasteiger partial charge on any atom is -0.369 e. The van der Waals surface area contributed by atoms with E-state index in [-0.39, 0.29) is 29.6 Å². The first-order valence-corrected chi connectivity index (χ1v) is 8.00. The van der Waals surface area contributed by atoms with Crippen LogP contribution in [0.25, 0.3) is 0 Å². The van der Waals surface area contributed by atoms with E-state index in [1.54, 1.807) is 0 Å². The lowest BCUT2D eigenvalue weighted by Gasteiger charge is -2.43. The molecule has 2 rings (SSSR count). The van der Waals surface area contributed by atoms with Crippen LogP contribution in [0.3, 0.4) is 0 Å². The first-order chi connectivity index (χ1) is 9.28. The van der Waals surface area contributed by atoms with E-state index in [1.165, 1.54) is 0 Å². The Hall–Kier alpha value is -0.610. The molecule has 1 amide bonds. The van der Waals surface area contributed by atoms with Gasteiger partial charge in [-0.1, -0.05) is 13.3 Å². The predicted molar refractivity (Wildman–Crippen MR) is 80.3 cm³/mol. The predicted octanol–water partition coefficient (Wildman–Crippen LogP) is 2.17. The van der Waals surface area contributed by atoms with Gasteiger partial charge in [0.1, 0.15) is 0 Å². The molecule has 1 saturated carbocycles. The summed E-state index contributed by atoms with van der Waals surface area (Å²) in [6, 6.07) is 0.282. The Morgan fingerprint density at radius 2 is 2.10 bits per heavy atom. The second-order valence-corrected chi connectivity index (χ2v) is 7.38. The Bertz CT molecular complexity index is 356. The molecule has 20 heavy (non-hydrogen) atoms. The van der Waals surface area contributed by atoms with Gasteiger partial charge in [0.15, 0.2) is 0 Å². The fourth-order valence-electron chi connectivity index (χ4n) is 3.83. The van der Waals surface area contributed by atoms with Crippen molar-refractivity contribution < 1.29 is 9.53 Å². The lowest BCUT2D eigenvalue weighted by molar-refractivity contribution is -0.162. The summed E-state index contributed by atoms with van der Waals surface area (Å²) in [5.41, 5.74) is 5.82. The van der Waals surface area contributed by atoms with Gasteiger partial charge in [0, 0.05) is 25.0 Å². The molecule has 116 valence electrons. The Morgan fingerprint density at radius 3 is 2.70 bits per heavy atom. The molecule has 0 aromatic heterocycles. The maximum Gasteiger partial charge on any atom is 0.225 e. The van der Waals surface area contributed by atoms with Crippen LogP contribution in [-0.4, -0.2) is 41.6 Å². The molecule has 0 aromatic carbocycles. The molecule has 4 unspecified atom stereocenters. The van der Waals surface area contributed by atoms with Crippen molar-refractivity contribution in [3.8, 4) is 0 Å². The summed E-state index contributed by atoms with van der Waals surface area (Å²) in [5.74, 6) is 0.822. The van der Waals surface area contributed by atoms with Crippen molar-refractivity contribution in [3.05, 3.63) is 0 Å². The summed E-state index contributed by atoms with van der Waals surface area (Å²) < 4.78 is 5.88. The van der Waals surface area contributed by atoms with Crippen LogP contribution in [0.1, 0.15) is 53.4 Å². The number of carbonyl (C=O) groups is 1. The molecule has 0 radical (unpaired) electrons. The summed E-state index contributed by atoms with van der Waals surface area (Å²) in [4.78, 5) is 14.8. The number of carbonyl (C=O) groups excluding carboxylic acids is 1. The van der Waals surface area contributed by atoms with Crippen LogP contribution in [-0.2, 0) is 9.53 Å². The van der Waals surface area contributed by atoms with Gasteiger partial charge in [0.05, 0.1) is 11.7 Å². The molecule has 4 nitrogen and oxygen atoms in total. The van der Waals surface area contributed by atoms with Crippen LogP contribution < -0.4 is 5.73 Å². The molecule has 0 aromatic rings. The highest BCUT2D eigenvalue weighted by molar-refractivity contribution is 5.79. The van der Waals surface area contributed by atoms with Gasteiger partial charge in [-0.05, 0) is 46.0 Å². The fraction of sp³-hybridized carbons (Fsp3) is 0.938. The number of ether oxygens (including phenoxy) is 1. The minimum absolute atomic E-state index is 0.0856. The number of nitrogens with two attached hydrogens (primary N) is 1. The van der Waals surface area contributed by atoms with Crippen molar-refractivity contribution in [1.29, 1.82) is 0 Å². The van der Waals surface area contributed by atoms with Gasteiger partial charge in [0.25, 0.3) is 0 Å². The van der Waals surface area contributed by atoms with Gasteiger partial charge in [0.2, 0.25) is 5.91 Å². The average Bonchev–Trinajstić information content (AvgIpc) is 2.34. The third kappa shape index (κ3) is 3.73. The highest BCUT2D eigenvalue weighted by atomic mass is 16.5. The number of morpholine rings is 1. The lowest BCUT2D eigenvalue weighted by atomic mass is 9.78. The molecule has 2 aliphatic rings. The van der Waals surface area contributed by atoms with Gasteiger partial charge in [-0.3, -0.25) is 4.79 Å². The Balaban J connectivity index is 1.99. The smallest absolute Gasteiger partial charge is 0.225 e. The van der Waals surface area contributed by atoms with Gasteiger partial charge in [-0.2, -0.15) is 0 Å². The molecule has 1 aliphatic carbocycles. The number of hydrogen-bond donors (Lipinski definition) is 1. The van der Waals surface area contributed by atoms with Crippen LogP contribution in [0.5, 0.6) is 0 Å². The Kier molecular flexibility index (Phi) is 4.75. The van der Waals surface area contributed by atoms with E-state index < -0.39 is 0 Å². The minimum atomic E-state index is -0.240. The van der Waals surface area contributed by atoms with Crippen molar-refractivity contribution in [2.75, 3.05) is 13.1 Å². The molecule has 4 atom stereocenters. The first-order valence-electron chi connectivity index (χ1n) is 8.00. The molecule has 2 fully saturated rings. The maximum atomic E-state index is 12.8. The second kappa shape index (κ2) is 6.02. The molecule has 4 heteroatoms. The highest BCUT2D eigenvalue weighted by Gasteiger charge is 2.37. The van der Waals surface area contributed by atoms with Crippen molar-refractivity contribution >= 4 is 5.91 Å². The van der Waals surface area contributed by atoms with E-state index in [2.05, 4.69) is 20.8 Å². The fourth-order valence-corrected chi connectivity index (χ4v) is 3.83. The monoisotopic (exact) mass is 282 g/mol. The third-order valence-electron chi connectivity index (χ3n) is 4.73. The van der Waals surface area contributed by atoms with Crippen LogP contribution >= 0.6 is 0 Å². The summed E-state index contributed by atoms with van der Waals surface area (Å²) in [7, 11) is 0. The van der Waals surface area contributed by atoms with Crippen molar-refractivity contribution in [2.24, 2.45) is 17.6 Å². The number of hydrogen-bond acceptors (Lipinski definition) is 3. The largest absolute Gasteiger partial charge is 0.369 e. The SMILES string of the molecule is CC1CN(C(=O)C(C)C2CCCC(N)C2)CC(C)(C)O1. The molecular weight excluding hydrogens is 252 g/mol. The summed E-state index contributed by atoms with van der Waals surface area (Å²) >= 11 is 0. The molecule has 1 saturated heterocycles. The molecule has 0 bridgehead atoms. The third-order valence-corrected chi connectivity index (χ3v) is 4.73. The van der Waals surface area contributed by atoms with Gasteiger partial charge in [-0.25, -0.2) is 0 Å². The van der Waals surface area contributed by atoms with E-state index in [0.29, 0.717) is 19.0 Å². The first kappa shape index (κ1) is 15.8. The van der Waals surface area contributed by atoms with E-state index in [1.807, 2.05) is 11.8 Å². The van der Waals surface area contributed by atoms with Crippen LogP contribution in [0, 0.1) is 11.8 Å². The zero-order valence-electron chi connectivity index (χ0n) is 13.4. The van der Waals surface area contributed by atoms with Crippen molar-refractivity contribution in [1.82, 2.24) is 4.90 Å². The Labute approximate surface area is 123 Å². The molecule has 1 aliphatic heterocycles. The highest BCUT2D eigenvalue weighted by Crippen LogP contribution is 2.31. The van der Waals surface area contributed by atoms with Gasteiger partial charge >= 0.3 is 0 Å². The van der Waals surface area contributed by atoms with Crippen molar-refractivity contribution in [2.45, 2.75) is 71.1 Å². The normalized spacial score (nSPS) is 35.6. The number of amides is 1. The summed E-state index contributed by atoms with van der Waals surface area (Å²) in [5, 5.41) is 0. The number of nitrogens with zero attached hydrogens (tertiary/aromatic N) is 1. The molecule has 1 heterocycles. The summed E-state index contributed by atoms with van der Waals surface area (Å²) in [6.07, 6.45) is 4.52. The molecule has 0 spiro atoms. The second-order valence-electron chi connectivity index (χ2n) is 7.38. The zero-order valence-corrected chi connectivity index (χ0v) is 13.4. The van der Waals surface area contributed by atoms with E-state index in [4.69, 9.17) is 10.5 Å². The zero-order chi connectivity index (χ0) is 14.9. The van der Waals surface area contributed by atoms with Crippen LogP contribution in [0.2, 0.25) is 0 Å². The maximum absolute atomic E-state index is 12.8. The standard InChI is InChI=1S/C16H30N2O2/c1-11-9-18(10-16(3,4)20-11)15(19)12(2)13-6-5-7-14(17)8-13/h11-14H,5-10,17H2,1-4H3. The lowest BCUT2D eigenvalue weighted by Crippen LogP contribution is -2.55. The topological polar surface area (TPSA) is 55.6 Å². The van der Waals surface area contributed by atoms with Crippen LogP contribution in [0.4, 0.5) is 0 Å². The van der Waals surface area contributed by atoms with Crippen molar-refractivity contribution in [3.63, 3.8) is 0 Å².